The molecule has 0 bridgehead atoms. The van der Waals surface area contributed by atoms with Gasteiger partial charge in [0.25, 0.3) is 0 Å². The van der Waals surface area contributed by atoms with Crippen LogP contribution in [0.2, 0.25) is 0 Å². The molecule has 6 nitrogen and oxygen atoms in total. The monoisotopic (exact) mass is 450 g/mol. The number of hydrogen-bond acceptors (Lipinski definition) is 5. The van der Waals surface area contributed by atoms with Crippen molar-refractivity contribution < 1.29 is 9.53 Å². The maximum atomic E-state index is 12.4. The number of fused-ring (bicyclic) bond motifs is 1. The van der Waals surface area contributed by atoms with E-state index in [4.69, 9.17) is 4.74 Å². The number of benzene rings is 2. The number of rotatable bonds is 8. The second-order valence-corrected chi connectivity index (χ2v) is 9.21. The van der Waals surface area contributed by atoms with Crippen molar-refractivity contribution in [3.8, 4) is 5.75 Å². The molecule has 0 spiro atoms. The average Bonchev–Trinajstić information content (AvgIpc) is 3.17. The Kier molecular flexibility index (Phi) is 7.15. The predicted molar refractivity (Wildman–Crippen MR) is 127 cm³/mol. The number of hydrogen-bond donors (Lipinski definition) is 1. The summed E-state index contributed by atoms with van der Waals surface area (Å²) in [5.74, 6) is 1.91. The Morgan fingerprint density at radius 2 is 1.94 bits per heavy atom. The highest BCUT2D eigenvalue weighted by atomic mass is 32.2. The summed E-state index contributed by atoms with van der Waals surface area (Å²) in [5, 5.41) is 12.2. The van der Waals surface area contributed by atoms with Crippen LogP contribution in [-0.4, -0.2) is 26.4 Å². The van der Waals surface area contributed by atoms with Crippen molar-refractivity contribution in [3.05, 3.63) is 70.5 Å². The first-order chi connectivity index (χ1) is 15.5. The molecule has 168 valence electrons. The van der Waals surface area contributed by atoms with Crippen LogP contribution in [-0.2, 0) is 31.3 Å². The van der Waals surface area contributed by atoms with Crippen molar-refractivity contribution in [2.45, 2.75) is 57.3 Å². The SMILES string of the molecule is Cc1c(OCc2nnc(SCC(=O)NC(C)c3ccccc3)n2C)ccc2c1CCCC2. The van der Waals surface area contributed by atoms with Gasteiger partial charge in [0.1, 0.15) is 12.4 Å². The highest BCUT2D eigenvalue weighted by Gasteiger charge is 2.17. The lowest BCUT2D eigenvalue weighted by Crippen LogP contribution is -2.28. The van der Waals surface area contributed by atoms with Gasteiger partial charge in [0.15, 0.2) is 11.0 Å². The van der Waals surface area contributed by atoms with E-state index < -0.39 is 0 Å². The molecule has 1 amide bonds. The fraction of sp³-hybridized carbons (Fsp3) is 0.400. The van der Waals surface area contributed by atoms with E-state index in [1.807, 2.05) is 48.9 Å². The molecule has 0 saturated carbocycles. The Balaban J connectivity index is 1.31. The third kappa shape index (κ3) is 5.15. The number of carbonyl (C=O) groups is 1. The van der Waals surface area contributed by atoms with Gasteiger partial charge in [-0.15, -0.1) is 10.2 Å². The van der Waals surface area contributed by atoms with Gasteiger partial charge in [-0.25, -0.2) is 0 Å². The molecule has 1 aliphatic carbocycles. The van der Waals surface area contributed by atoms with Crippen molar-refractivity contribution in [2.75, 3.05) is 5.75 Å². The van der Waals surface area contributed by atoms with Crippen LogP contribution in [0.1, 0.15) is 53.9 Å². The third-order valence-electron chi connectivity index (χ3n) is 6.06. The smallest absolute Gasteiger partial charge is 0.230 e. The fourth-order valence-electron chi connectivity index (χ4n) is 4.12. The zero-order valence-corrected chi connectivity index (χ0v) is 19.7. The van der Waals surface area contributed by atoms with E-state index in [1.165, 1.54) is 41.3 Å². The molecule has 1 N–H and O–H groups in total. The van der Waals surface area contributed by atoms with Crippen molar-refractivity contribution >= 4 is 17.7 Å². The van der Waals surface area contributed by atoms with E-state index in [1.54, 1.807) is 0 Å². The number of thioether (sulfide) groups is 1. The predicted octanol–water partition coefficient (Wildman–Crippen LogP) is 4.55. The second-order valence-electron chi connectivity index (χ2n) is 8.27. The topological polar surface area (TPSA) is 69.0 Å². The van der Waals surface area contributed by atoms with Crippen LogP contribution in [0.25, 0.3) is 0 Å². The number of aryl methyl sites for hydroxylation is 1. The molecule has 7 heteroatoms. The Hall–Kier alpha value is -2.80. The first kappa shape index (κ1) is 22.4. The normalized spacial score (nSPS) is 14.0. The van der Waals surface area contributed by atoms with Crippen molar-refractivity contribution in [3.63, 3.8) is 0 Å². The minimum absolute atomic E-state index is 0.0307. The summed E-state index contributed by atoms with van der Waals surface area (Å²) in [6.45, 7) is 4.48. The van der Waals surface area contributed by atoms with E-state index in [-0.39, 0.29) is 17.7 Å². The van der Waals surface area contributed by atoms with Crippen molar-refractivity contribution in [1.82, 2.24) is 20.1 Å². The lowest BCUT2D eigenvalue weighted by molar-refractivity contribution is -0.119. The highest BCUT2D eigenvalue weighted by Crippen LogP contribution is 2.31. The summed E-state index contributed by atoms with van der Waals surface area (Å²) in [5.41, 5.74) is 5.22. The molecule has 0 fully saturated rings. The minimum atomic E-state index is -0.0346. The van der Waals surface area contributed by atoms with E-state index in [2.05, 4.69) is 34.6 Å². The second kappa shape index (κ2) is 10.2. The third-order valence-corrected chi connectivity index (χ3v) is 7.08. The Labute approximate surface area is 193 Å². The standard InChI is InChI=1S/C25H30N4O2S/c1-17-21-12-8-7-11-20(21)13-14-22(17)31-15-23-27-28-25(29(23)3)32-16-24(30)26-18(2)19-9-5-4-6-10-19/h4-6,9-10,13-14,18H,7-8,11-12,15-16H2,1-3H3,(H,26,30). The molecule has 3 aromatic rings. The summed E-state index contributed by atoms with van der Waals surface area (Å²) >= 11 is 1.38. The van der Waals surface area contributed by atoms with Gasteiger partial charge in [-0.1, -0.05) is 48.2 Å². The molecule has 1 unspecified atom stereocenters. The van der Waals surface area contributed by atoms with E-state index >= 15 is 0 Å². The molecule has 1 aliphatic rings. The molecular weight excluding hydrogens is 420 g/mol. The summed E-state index contributed by atoms with van der Waals surface area (Å²) in [6, 6.07) is 14.2. The lowest BCUT2D eigenvalue weighted by atomic mass is 9.88. The lowest BCUT2D eigenvalue weighted by Gasteiger charge is -2.20. The van der Waals surface area contributed by atoms with Gasteiger partial charge < -0.3 is 14.6 Å². The van der Waals surface area contributed by atoms with Crippen LogP contribution < -0.4 is 10.1 Å². The number of nitrogens with zero attached hydrogens (tertiary/aromatic N) is 3. The van der Waals surface area contributed by atoms with Crippen LogP contribution in [0.3, 0.4) is 0 Å². The van der Waals surface area contributed by atoms with Crippen LogP contribution in [0, 0.1) is 6.92 Å². The van der Waals surface area contributed by atoms with Gasteiger partial charge in [-0.05, 0) is 67.9 Å². The van der Waals surface area contributed by atoms with Gasteiger partial charge in [0.2, 0.25) is 5.91 Å². The van der Waals surface area contributed by atoms with Gasteiger partial charge in [-0.3, -0.25) is 4.79 Å². The summed E-state index contributed by atoms with van der Waals surface area (Å²) < 4.78 is 7.99. The highest BCUT2D eigenvalue weighted by molar-refractivity contribution is 7.99. The average molecular weight is 451 g/mol. The van der Waals surface area contributed by atoms with Gasteiger partial charge >= 0.3 is 0 Å². The number of carbonyl (C=O) groups excluding carboxylic acids is 1. The van der Waals surface area contributed by atoms with Crippen molar-refractivity contribution in [1.29, 1.82) is 0 Å². The van der Waals surface area contributed by atoms with Gasteiger partial charge in [0, 0.05) is 7.05 Å². The summed E-state index contributed by atoms with van der Waals surface area (Å²) in [4.78, 5) is 12.4. The quantitative estimate of drug-likeness (QED) is 0.510. The van der Waals surface area contributed by atoms with E-state index in [0.717, 1.165) is 30.0 Å². The number of nitrogens with one attached hydrogen (secondary N) is 1. The molecule has 32 heavy (non-hydrogen) atoms. The molecule has 4 rings (SSSR count). The maximum Gasteiger partial charge on any atom is 0.230 e. The first-order valence-corrected chi connectivity index (χ1v) is 12.1. The Morgan fingerprint density at radius 3 is 2.75 bits per heavy atom. The van der Waals surface area contributed by atoms with Gasteiger partial charge in [0.05, 0.1) is 11.8 Å². The molecule has 0 saturated heterocycles. The largest absolute Gasteiger partial charge is 0.485 e. The molecule has 1 atom stereocenters. The molecule has 1 aromatic heterocycles. The van der Waals surface area contributed by atoms with Crippen LogP contribution in [0.5, 0.6) is 5.75 Å². The van der Waals surface area contributed by atoms with Crippen LogP contribution in [0.15, 0.2) is 47.6 Å². The Morgan fingerprint density at radius 1 is 1.16 bits per heavy atom. The number of ether oxygens (including phenoxy) is 1. The summed E-state index contributed by atoms with van der Waals surface area (Å²) in [6.07, 6.45) is 4.82. The molecule has 0 aliphatic heterocycles. The van der Waals surface area contributed by atoms with Gasteiger partial charge in [-0.2, -0.15) is 0 Å². The van der Waals surface area contributed by atoms with E-state index in [9.17, 15) is 4.79 Å². The zero-order valence-electron chi connectivity index (χ0n) is 18.9. The summed E-state index contributed by atoms with van der Waals surface area (Å²) in [7, 11) is 1.91. The van der Waals surface area contributed by atoms with Crippen LogP contribution in [0.4, 0.5) is 0 Å². The Bertz CT molecular complexity index is 1080. The molecule has 1 heterocycles. The molecule has 0 radical (unpaired) electrons. The molecular formula is C25H30N4O2S. The molecule has 2 aromatic carbocycles. The number of aromatic nitrogens is 3. The van der Waals surface area contributed by atoms with Crippen LogP contribution >= 0.6 is 11.8 Å². The number of amides is 1. The minimum Gasteiger partial charge on any atom is -0.485 e. The fourth-order valence-corrected chi connectivity index (χ4v) is 4.87. The van der Waals surface area contributed by atoms with Crippen molar-refractivity contribution in [2.24, 2.45) is 7.05 Å². The zero-order chi connectivity index (χ0) is 22.5. The first-order valence-electron chi connectivity index (χ1n) is 11.1. The maximum absolute atomic E-state index is 12.4. The van der Waals surface area contributed by atoms with E-state index in [0.29, 0.717) is 11.8 Å².